The van der Waals surface area contributed by atoms with Crippen LogP contribution in [-0.2, 0) is 4.79 Å². The van der Waals surface area contributed by atoms with Crippen molar-refractivity contribution in [1.82, 2.24) is 0 Å². The summed E-state index contributed by atoms with van der Waals surface area (Å²) in [6, 6.07) is 9.39. The molecule has 3 rings (SSSR count). The summed E-state index contributed by atoms with van der Waals surface area (Å²) in [6.07, 6.45) is 0.202. The van der Waals surface area contributed by atoms with E-state index in [2.05, 4.69) is 10.1 Å². The molecular formula is C21H21F4NO4. The summed E-state index contributed by atoms with van der Waals surface area (Å²) in [5, 5.41) is 11.3. The van der Waals surface area contributed by atoms with Gasteiger partial charge in [-0.1, -0.05) is 6.07 Å². The molecule has 0 aromatic heterocycles. The number of halogens is 4. The average molecular weight is 427 g/mol. The first-order valence-corrected chi connectivity index (χ1v) is 9.13. The molecule has 2 aromatic carbocycles. The maximum absolute atomic E-state index is 13.3. The molecule has 1 saturated carbocycles. The van der Waals surface area contributed by atoms with Gasteiger partial charge >= 0.3 is 5.97 Å². The molecule has 5 nitrogen and oxygen atoms in total. The van der Waals surface area contributed by atoms with Crippen LogP contribution in [0.1, 0.15) is 36.0 Å². The third-order valence-corrected chi connectivity index (χ3v) is 4.55. The van der Waals surface area contributed by atoms with Crippen LogP contribution in [0.5, 0.6) is 5.75 Å². The monoisotopic (exact) mass is 427 g/mol. The van der Waals surface area contributed by atoms with Gasteiger partial charge in [0.05, 0.1) is 12.7 Å². The van der Waals surface area contributed by atoms with Crippen molar-refractivity contribution in [2.24, 2.45) is 5.92 Å². The number of hydrogen-bond acceptors (Lipinski definition) is 3. The molecule has 0 radical (unpaired) electrons. The second-order valence-electron chi connectivity index (χ2n) is 6.78. The summed E-state index contributed by atoms with van der Waals surface area (Å²) >= 11 is 0. The van der Waals surface area contributed by atoms with Gasteiger partial charge in [-0.25, -0.2) is 18.0 Å². The van der Waals surface area contributed by atoms with Gasteiger partial charge in [-0.3, -0.25) is 4.79 Å². The number of aromatic carboxylic acids is 1. The smallest absolute Gasteiger partial charge is 0.335 e. The van der Waals surface area contributed by atoms with Gasteiger partial charge in [0.25, 0.3) is 0 Å². The van der Waals surface area contributed by atoms with Gasteiger partial charge in [0.2, 0.25) is 17.6 Å². The van der Waals surface area contributed by atoms with E-state index in [-0.39, 0.29) is 17.7 Å². The normalized spacial score (nSPS) is 17.3. The first-order valence-electron chi connectivity index (χ1n) is 9.13. The lowest BCUT2D eigenvalue weighted by molar-refractivity contribution is -0.127. The highest BCUT2D eigenvalue weighted by atomic mass is 19.3. The largest absolute Gasteiger partial charge is 0.494 e. The van der Waals surface area contributed by atoms with Crippen LogP contribution in [0, 0.1) is 17.6 Å². The molecule has 162 valence electrons. The number of hydrogen-bond donors (Lipinski definition) is 2. The molecule has 0 heterocycles. The molecule has 30 heavy (non-hydrogen) atoms. The summed E-state index contributed by atoms with van der Waals surface area (Å²) in [5.74, 6) is -6.86. The van der Waals surface area contributed by atoms with E-state index in [9.17, 15) is 27.2 Å². The van der Waals surface area contributed by atoms with Crippen LogP contribution in [-0.4, -0.2) is 30.0 Å². The highest BCUT2D eigenvalue weighted by Crippen LogP contribution is 2.37. The molecule has 0 saturated heterocycles. The molecule has 2 N–H and O–H groups in total. The highest BCUT2D eigenvalue weighted by Gasteiger charge is 2.39. The Hall–Kier alpha value is -3.10. The fraction of sp³-hybridized carbons (Fsp3) is 0.333. The van der Waals surface area contributed by atoms with E-state index in [0.717, 1.165) is 6.07 Å². The molecule has 0 bridgehead atoms. The summed E-state index contributed by atoms with van der Waals surface area (Å²) < 4.78 is 55.8. The summed E-state index contributed by atoms with van der Waals surface area (Å²) in [7, 11) is 1.29. The number of benzene rings is 2. The Morgan fingerprint density at radius 3 is 2.33 bits per heavy atom. The summed E-state index contributed by atoms with van der Waals surface area (Å²) in [5.41, 5.74) is 0.515. The van der Waals surface area contributed by atoms with E-state index < -0.39 is 41.8 Å². The Bertz CT molecular complexity index is 887. The number of amides is 1. The van der Waals surface area contributed by atoms with Gasteiger partial charge in [-0.15, -0.1) is 0 Å². The van der Waals surface area contributed by atoms with Gasteiger partial charge in [0, 0.05) is 24.4 Å². The molecular weight excluding hydrogens is 406 g/mol. The number of carbonyl (C=O) groups excluding carboxylic acids is 1. The molecule has 1 aliphatic carbocycles. The number of nitrogens with one attached hydrogen (secondary N) is 1. The molecule has 9 heteroatoms. The molecule has 1 atom stereocenters. The van der Waals surface area contributed by atoms with Crippen LogP contribution < -0.4 is 10.1 Å². The van der Waals surface area contributed by atoms with Crippen LogP contribution in [0.3, 0.4) is 0 Å². The topological polar surface area (TPSA) is 75.6 Å². The number of carboxylic acid groups (broad SMARTS) is 1. The predicted molar refractivity (Wildman–Crippen MR) is 102 cm³/mol. The van der Waals surface area contributed by atoms with Crippen LogP contribution in [0.4, 0.5) is 23.2 Å². The van der Waals surface area contributed by atoms with Gasteiger partial charge in [-0.05, 0) is 49.2 Å². The van der Waals surface area contributed by atoms with Crippen molar-refractivity contribution in [1.29, 1.82) is 0 Å². The second-order valence-corrected chi connectivity index (χ2v) is 6.78. The number of alkyl halides is 2. The van der Waals surface area contributed by atoms with Crippen LogP contribution in [0.2, 0.25) is 0 Å². The lowest BCUT2D eigenvalue weighted by atomic mass is 9.86. The molecule has 1 amide bonds. The fourth-order valence-corrected chi connectivity index (χ4v) is 2.98. The lowest BCUT2D eigenvalue weighted by Crippen LogP contribution is -2.33. The third kappa shape index (κ3) is 6.47. The van der Waals surface area contributed by atoms with E-state index >= 15 is 0 Å². The van der Waals surface area contributed by atoms with Crippen LogP contribution in [0.25, 0.3) is 0 Å². The van der Waals surface area contributed by atoms with E-state index in [4.69, 9.17) is 5.11 Å². The highest BCUT2D eigenvalue weighted by molar-refractivity contribution is 5.93. The molecule has 2 aromatic rings. The Morgan fingerprint density at radius 1 is 1.13 bits per heavy atom. The standard InChI is InChI=1S/C14H15F2NO3.C7H6F2O/c15-14(16)7-1-2-10(8-14)12(18)17-11-5-3-9(4-6-11)13(19)20;1-10-6-4-2-3-5(8)7(6)9/h3-6,10H,1-2,7-8H2,(H,17,18)(H,19,20);2-4H,1H3/t10-;/m0./s1. The predicted octanol–water partition coefficient (Wildman–Crippen LogP) is 5.12. The van der Waals surface area contributed by atoms with Crippen molar-refractivity contribution < 1.29 is 37.0 Å². The first-order chi connectivity index (χ1) is 14.1. The Labute approximate surface area is 170 Å². The molecule has 1 aliphatic rings. The minimum atomic E-state index is -2.77. The zero-order valence-electron chi connectivity index (χ0n) is 16.1. The number of anilines is 1. The van der Waals surface area contributed by atoms with E-state index in [0.29, 0.717) is 18.5 Å². The fourth-order valence-electron chi connectivity index (χ4n) is 2.98. The van der Waals surface area contributed by atoms with E-state index in [1.807, 2.05) is 0 Å². The lowest BCUT2D eigenvalue weighted by Gasteiger charge is -2.27. The average Bonchev–Trinajstić information content (AvgIpc) is 2.70. The Balaban J connectivity index is 0.000000269. The number of ether oxygens (including phenoxy) is 1. The van der Waals surface area contributed by atoms with Crippen LogP contribution >= 0.6 is 0 Å². The number of methoxy groups -OCH3 is 1. The van der Waals surface area contributed by atoms with Crippen molar-refractivity contribution >= 4 is 17.6 Å². The Morgan fingerprint density at radius 2 is 1.80 bits per heavy atom. The zero-order valence-corrected chi connectivity index (χ0v) is 16.1. The van der Waals surface area contributed by atoms with E-state index in [1.54, 1.807) is 0 Å². The van der Waals surface area contributed by atoms with Gasteiger partial charge in [0.1, 0.15) is 0 Å². The Kier molecular flexibility index (Phi) is 7.79. The van der Waals surface area contributed by atoms with Crippen molar-refractivity contribution in [3.63, 3.8) is 0 Å². The molecule has 1 fully saturated rings. The SMILES string of the molecule is COc1cccc(F)c1F.O=C(O)c1ccc(NC(=O)[C@H]2CCCC(F)(F)C2)cc1. The summed E-state index contributed by atoms with van der Waals surface area (Å²) in [6.45, 7) is 0. The van der Waals surface area contributed by atoms with Gasteiger partial charge in [-0.2, -0.15) is 4.39 Å². The maximum Gasteiger partial charge on any atom is 0.335 e. The van der Waals surface area contributed by atoms with Gasteiger partial charge < -0.3 is 15.2 Å². The third-order valence-electron chi connectivity index (χ3n) is 4.55. The molecule has 0 spiro atoms. The first kappa shape index (κ1) is 23.2. The minimum Gasteiger partial charge on any atom is -0.494 e. The van der Waals surface area contributed by atoms with Crippen molar-refractivity contribution in [2.75, 3.05) is 12.4 Å². The quantitative estimate of drug-likeness (QED) is 0.664. The number of carboxylic acids is 1. The van der Waals surface area contributed by atoms with Crippen molar-refractivity contribution in [3.8, 4) is 5.75 Å². The van der Waals surface area contributed by atoms with E-state index in [1.165, 1.54) is 43.5 Å². The zero-order chi connectivity index (χ0) is 22.3. The minimum absolute atomic E-state index is 0.0694. The van der Waals surface area contributed by atoms with Gasteiger partial charge in [0.15, 0.2) is 11.6 Å². The molecule has 0 aliphatic heterocycles. The molecule has 0 unspecified atom stereocenters. The number of carbonyl (C=O) groups is 2. The van der Waals surface area contributed by atoms with Crippen LogP contribution in [0.15, 0.2) is 42.5 Å². The van der Waals surface area contributed by atoms with Crippen molar-refractivity contribution in [3.05, 3.63) is 59.7 Å². The van der Waals surface area contributed by atoms with Crippen molar-refractivity contribution in [2.45, 2.75) is 31.6 Å². The number of rotatable bonds is 4. The summed E-state index contributed by atoms with van der Waals surface area (Å²) in [4.78, 5) is 22.6. The second kappa shape index (κ2) is 10.1. The maximum atomic E-state index is 13.3.